The molecular formula is C30H40N2O2. The Labute approximate surface area is 204 Å². The number of aliphatic hydroxyl groups is 2. The molecule has 0 saturated heterocycles. The summed E-state index contributed by atoms with van der Waals surface area (Å²) in [6, 6.07) is 12.0. The van der Waals surface area contributed by atoms with Crippen molar-refractivity contribution in [3.05, 3.63) is 47.8 Å². The van der Waals surface area contributed by atoms with E-state index in [1.54, 1.807) is 0 Å². The number of nitrogens with zero attached hydrogens (tertiary/aromatic N) is 2. The van der Waals surface area contributed by atoms with Gasteiger partial charge in [0.15, 0.2) is 0 Å². The largest absolute Gasteiger partial charge is 0.382 e. The van der Waals surface area contributed by atoms with E-state index in [1.165, 1.54) is 12.8 Å². The maximum atomic E-state index is 12.2. The average molecular weight is 461 g/mol. The Bertz CT molecular complexity index is 1070. The lowest BCUT2D eigenvalue weighted by molar-refractivity contribution is -0.153. The Balaban J connectivity index is 1.44. The molecule has 4 bridgehead atoms. The maximum Gasteiger partial charge on any atom is 0.117 e. The summed E-state index contributed by atoms with van der Waals surface area (Å²) in [4.78, 5) is 10.1. The first-order valence-corrected chi connectivity index (χ1v) is 13.2. The SMILES string of the molecule is CC12CCC(C1)C(C)(C)[C@@]2(O)c1cccc(-c2cccc([C@@]3(O)C4(C)CCC(C4)C3(C)C)n2)n1. The van der Waals surface area contributed by atoms with Crippen molar-refractivity contribution in [1.29, 1.82) is 0 Å². The first-order chi connectivity index (χ1) is 15.8. The van der Waals surface area contributed by atoms with Crippen molar-refractivity contribution in [1.82, 2.24) is 9.97 Å². The minimum absolute atomic E-state index is 0.154. The Morgan fingerprint density at radius 2 is 1.03 bits per heavy atom. The summed E-state index contributed by atoms with van der Waals surface area (Å²) in [5.74, 6) is 1.04. The second-order valence-corrected chi connectivity index (χ2v) is 13.7. The topological polar surface area (TPSA) is 66.2 Å². The van der Waals surface area contributed by atoms with Crippen molar-refractivity contribution >= 4 is 0 Å². The lowest BCUT2D eigenvalue weighted by Crippen LogP contribution is -2.52. The molecule has 0 aromatic carbocycles. The number of hydrogen-bond donors (Lipinski definition) is 2. The standard InChI is InChI=1S/C30H40N2O2/c1-25(2)19-13-15-27(5,17-19)29(25,33)23-11-7-9-21(31-23)22-10-8-12-24(32-22)30(34)26(3,4)20-14-16-28(30,6)18-20/h7-12,19-20,33-34H,13-18H2,1-6H3/t19?,20?,27?,28?,29-,30-/m0/s1. The Hall–Kier alpha value is -1.78. The summed E-state index contributed by atoms with van der Waals surface area (Å²) >= 11 is 0. The monoisotopic (exact) mass is 460 g/mol. The van der Waals surface area contributed by atoms with E-state index in [0.717, 1.165) is 48.5 Å². The lowest BCUT2D eigenvalue weighted by Gasteiger charge is -2.50. The summed E-state index contributed by atoms with van der Waals surface area (Å²) in [5, 5.41) is 24.5. The Morgan fingerprint density at radius 1 is 0.647 bits per heavy atom. The zero-order valence-corrected chi connectivity index (χ0v) is 21.7. The van der Waals surface area contributed by atoms with E-state index < -0.39 is 11.2 Å². The number of hydrogen-bond acceptors (Lipinski definition) is 4. The van der Waals surface area contributed by atoms with Crippen LogP contribution in [0.1, 0.15) is 91.5 Å². The highest BCUT2D eigenvalue weighted by molar-refractivity contribution is 5.55. The van der Waals surface area contributed by atoms with Crippen LogP contribution in [0.4, 0.5) is 0 Å². The number of rotatable bonds is 3. The van der Waals surface area contributed by atoms with Crippen molar-refractivity contribution in [2.24, 2.45) is 33.5 Å². The van der Waals surface area contributed by atoms with E-state index in [4.69, 9.17) is 9.97 Å². The predicted molar refractivity (Wildman–Crippen MR) is 134 cm³/mol. The summed E-state index contributed by atoms with van der Waals surface area (Å²) in [5.41, 5.74) is 0.377. The first kappa shape index (κ1) is 22.7. The van der Waals surface area contributed by atoms with Crippen LogP contribution in [0, 0.1) is 33.5 Å². The summed E-state index contributed by atoms with van der Waals surface area (Å²) in [7, 11) is 0. The molecule has 0 spiro atoms. The van der Waals surface area contributed by atoms with Gasteiger partial charge in [0.25, 0.3) is 0 Å². The van der Waals surface area contributed by atoms with Gasteiger partial charge in [-0.05, 0) is 74.6 Å². The predicted octanol–water partition coefficient (Wildman–Crippen LogP) is 6.21. The molecule has 34 heavy (non-hydrogen) atoms. The van der Waals surface area contributed by atoms with Gasteiger partial charge >= 0.3 is 0 Å². The molecule has 4 nitrogen and oxygen atoms in total. The van der Waals surface area contributed by atoms with Gasteiger partial charge in [0.2, 0.25) is 0 Å². The van der Waals surface area contributed by atoms with Gasteiger partial charge in [0, 0.05) is 21.7 Å². The highest BCUT2D eigenvalue weighted by Gasteiger charge is 2.71. The van der Waals surface area contributed by atoms with Crippen LogP contribution in [0.15, 0.2) is 36.4 Å². The number of pyridine rings is 2. The van der Waals surface area contributed by atoms with Crippen LogP contribution in [0.3, 0.4) is 0 Å². The fraction of sp³-hybridized carbons (Fsp3) is 0.667. The zero-order chi connectivity index (χ0) is 24.4. The van der Waals surface area contributed by atoms with Gasteiger partial charge in [-0.25, -0.2) is 9.97 Å². The fourth-order valence-electron chi connectivity index (χ4n) is 9.35. The van der Waals surface area contributed by atoms with Crippen molar-refractivity contribution in [2.75, 3.05) is 0 Å². The Morgan fingerprint density at radius 3 is 1.35 bits per heavy atom. The summed E-state index contributed by atoms with van der Waals surface area (Å²) in [6.07, 6.45) is 6.56. The molecule has 6 rings (SSSR count). The molecule has 2 N–H and O–H groups in total. The van der Waals surface area contributed by atoms with Crippen LogP contribution in [-0.4, -0.2) is 20.2 Å². The molecular weight excluding hydrogens is 420 g/mol. The van der Waals surface area contributed by atoms with Gasteiger partial charge < -0.3 is 10.2 Å². The van der Waals surface area contributed by atoms with E-state index in [9.17, 15) is 10.2 Å². The zero-order valence-electron chi connectivity index (χ0n) is 21.7. The van der Waals surface area contributed by atoms with Gasteiger partial charge in [0.1, 0.15) is 11.2 Å². The highest BCUT2D eigenvalue weighted by atomic mass is 16.3. The van der Waals surface area contributed by atoms with Crippen molar-refractivity contribution in [3.63, 3.8) is 0 Å². The summed E-state index contributed by atoms with van der Waals surface area (Å²) < 4.78 is 0. The molecule has 4 aliphatic carbocycles. The maximum absolute atomic E-state index is 12.2. The fourth-order valence-corrected chi connectivity index (χ4v) is 9.35. The van der Waals surface area contributed by atoms with E-state index in [0.29, 0.717) is 11.8 Å². The van der Waals surface area contributed by atoms with Gasteiger partial charge in [-0.1, -0.05) is 53.7 Å². The second kappa shape index (κ2) is 6.50. The number of fused-ring (bicyclic) bond motifs is 4. The molecule has 4 fully saturated rings. The van der Waals surface area contributed by atoms with Gasteiger partial charge in [-0.2, -0.15) is 0 Å². The van der Waals surface area contributed by atoms with E-state index in [-0.39, 0.29) is 21.7 Å². The smallest absolute Gasteiger partial charge is 0.117 e. The third-order valence-electron chi connectivity index (χ3n) is 11.6. The van der Waals surface area contributed by atoms with E-state index in [2.05, 4.69) is 41.5 Å². The molecule has 4 unspecified atom stereocenters. The molecule has 4 heteroatoms. The molecule has 2 aromatic rings. The van der Waals surface area contributed by atoms with Crippen LogP contribution in [-0.2, 0) is 11.2 Å². The van der Waals surface area contributed by atoms with Crippen LogP contribution in [0.2, 0.25) is 0 Å². The molecule has 6 atom stereocenters. The van der Waals surface area contributed by atoms with Gasteiger partial charge in [0.05, 0.1) is 22.8 Å². The molecule has 2 heterocycles. The van der Waals surface area contributed by atoms with Crippen LogP contribution < -0.4 is 0 Å². The molecule has 2 aromatic heterocycles. The van der Waals surface area contributed by atoms with Crippen LogP contribution >= 0.6 is 0 Å². The van der Waals surface area contributed by atoms with E-state index in [1.807, 2.05) is 36.4 Å². The first-order valence-electron chi connectivity index (χ1n) is 13.2. The molecule has 4 aliphatic rings. The summed E-state index contributed by atoms with van der Waals surface area (Å²) in [6.45, 7) is 13.3. The molecule has 0 aliphatic heterocycles. The molecule has 0 radical (unpaired) electrons. The van der Waals surface area contributed by atoms with Crippen LogP contribution in [0.5, 0.6) is 0 Å². The average Bonchev–Trinajstić information content (AvgIpc) is 3.49. The lowest BCUT2D eigenvalue weighted by atomic mass is 9.59. The Kier molecular flexibility index (Phi) is 4.34. The van der Waals surface area contributed by atoms with Gasteiger partial charge in [-0.15, -0.1) is 0 Å². The third kappa shape index (κ3) is 2.38. The number of aromatic nitrogens is 2. The van der Waals surface area contributed by atoms with E-state index >= 15 is 0 Å². The second-order valence-electron chi connectivity index (χ2n) is 13.7. The molecule has 0 amide bonds. The van der Waals surface area contributed by atoms with Crippen molar-refractivity contribution < 1.29 is 10.2 Å². The highest BCUT2D eigenvalue weighted by Crippen LogP contribution is 2.72. The molecule has 4 saturated carbocycles. The quantitative estimate of drug-likeness (QED) is 0.571. The van der Waals surface area contributed by atoms with Crippen molar-refractivity contribution in [2.45, 2.75) is 91.3 Å². The third-order valence-corrected chi connectivity index (χ3v) is 11.6. The van der Waals surface area contributed by atoms with Crippen LogP contribution in [0.25, 0.3) is 11.4 Å². The normalized spacial score (nSPS) is 43.5. The molecule has 182 valence electrons. The minimum atomic E-state index is -0.963. The minimum Gasteiger partial charge on any atom is -0.382 e. The van der Waals surface area contributed by atoms with Gasteiger partial charge in [-0.3, -0.25) is 0 Å². The van der Waals surface area contributed by atoms with Crippen molar-refractivity contribution in [3.8, 4) is 11.4 Å².